The predicted molar refractivity (Wildman–Crippen MR) is 120 cm³/mol. The van der Waals surface area contributed by atoms with Crippen molar-refractivity contribution in [3.8, 4) is 0 Å². The SMILES string of the molecule is CCOC(=O)[C@H](Cc1ccccc1)N(NC(=O)c1cccc(NC=NN)c1)C(=O)OCC. The average molecular weight is 441 g/mol. The summed E-state index contributed by atoms with van der Waals surface area (Å²) in [4.78, 5) is 38.4. The molecule has 4 N–H and O–H groups in total. The van der Waals surface area contributed by atoms with Crippen LogP contribution >= 0.6 is 0 Å². The Morgan fingerprint density at radius 1 is 1.06 bits per heavy atom. The Morgan fingerprint density at radius 3 is 2.44 bits per heavy atom. The number of hydrazine groups is 1. The van der Waals surface area contributed by atoms with Gasteiger partial charge >= 0.3 is 12.1 Å². The number of hydrazone groups is 1. The highest BCUT2D eigenvalue weighted by molar-refractivity contribution is 5.97. The molecule has 0 heterocycles. The zero-order chi connectivity index (χ0) is 23.3. The van der Waals surface area contributed by atoms with Gasteiger partial charge in [-0.05, 0) is 37.6 Å². The smallest absolute Gasteiger partial charge is 0.429 e. The van der Waals surface area contributed by atoms with Gasteiger partial charge in [-0.2, -0.15) is 5.10 Å². The highest BCUT2D eigenvalue weighted by atomic mass is 16.6. The first-order chi connectivity index (χ1) is 15.5. The molecular formula is C22H27N5O5. The normalized spacial score (nSPS) is 11.4. The number of benzene rings is 2. The van der Waals surface area contributed by atoms with Crippen LogP contribution in [0.2, 0.25) is 0 Å². The topological polar surface area (TPSA) is 135 Å². The van der Waals surface area contributed by atoms with Gasteiger partial charge in [-0.3, -0.25) is 10.2 Å². The first kappa shape index (κ1) is 24.2. The van der Waals surface area contributed by atoms with Crippen LogP contribution in [0.4, 0.5) is 10.5 Å². The Morgan fingerprint density at radius 2 is 1.78 bits per heavy atom. The summed E-state index contributed by atoms with van der Waals surface area (Å²) in [5.74, 6) is 3.79. The number of carbonyl (C=O) groups excluding carboxylic acids is 3. The van der Waals surface area contributed by atoms with Gasteiger partial charge in [-0.25, -0.2) is 14.6 Å². The van der Waals surface area contributed by atoms with Crippen LogP contribution in [0.1, 0.15) is 29.8 Å². The summed E-state index contributed by atoms with van der Waals surface area (Å²) in [6, 6.07) is 14.4. The molecule has 32 heavy (non-hydrogen) atoms. The summed E-state index contributed by atoms with van der Waals surface area (Å²) in [7, 11) is 0. The van der Waals surface area contributed by atoms with Crippen molar-refractivity contribution in [1.29, 1.82) is 0 Å². The molecule has 0 saturated heterocycles. The lowest BCUT2D eigenvalue weighted by Crippen LogP contribution is -2.56. The van der Waals surface area contributed by atoms with Crippen molar-refractivity contribution in [2.75, 3.05) is 18.5 Å². The third-order valence-corrected chi connectivity index (χ3v) is 4.26. The van der Waals surface area contributed by atoms with Gasteiger partial charge in [-0.1, -0.05) is 36.4 Å². The molecule has 0 fully saturated rings. The first-order valence-corrected chi connectivity index (χ1v) is 10.1. The number of hydrogen-bond acceptors (Lipinski definition) is 7. The molecule has 0 aliphatic heterocycles. The largest absolute Gasteiger partial charge is 0.464 e. The van der Waals surface area contributed by atoms with E-state index in [1.54, 1.807) is 32.0 Å². The Hall–Kier alpha value is -4.08. The molecule has 0 aliphatic rings. The van der Waals surface area contributed by atoms with E-state index in [2.05, 4.69) is 15.8 Å². The van der Waals surface area contributed by atoms with Gasteiger partial charge < -0.3 is 20.6 Å². The van der Waals surface area contributed by atoms with Crippen molar-refractivity contribution in [1.82, 2.24) is 10.4 Å². The van der Waals surface area contributed by atoms with E-state index in [-0.39, 0.29) is 25.2 Å². The molecule has 170 valence electrons. The summed E-state index contributed by atoms with van der Waals surface area (Å²) in [5.41, 5.74) is 4.06. The van der Waals surface area contributed by atoms with Crippen LogP contribution < -0.4 is 16.6 Å². The van der Waals surface area contributed by atoms with Crippen molar-refractivity contribution in [2.24, 2.45) is 10.9 Å². The van der Waals surface area contributed by atoms with Crippen molar-refractivity contribution in [3.63, 3.8) is 0 Å². The molecule has 0 spiro atoms. The minimum atomic E-state index is -1.13. The number of nitrogens with two attached hydrogens (primary N) is 1. The lowest BCUT2D eigenvalue weighted by Gasteiger charge is -2.29. The number of nitrogens with one attached hydrogen (secondary N) is 2. The fourth-order valence-electron chi connectivity index (χ4n) is 2.84. The fraction of sp³-hybridized carbons (Fsp3) is 0.273. The molecule has 0 bridgehead atoms. The summed E-state index contributed by atoms with van der Waals surface area (Å²) < 4.78 is 10.2. The third-order valence-electron chi connectivity index (χ3n) is 4.26. The number of esters is 1. The highest BCUT2D eigenvalue weighted by Crippen LogP contribution is 2.14. The van der Waals surface area contributed by atoms with E-state index in [1.165, 1.54) is 12.4 Å². The second kappa shape index (κ2) is 12.6. The van der Waals surface area contributed by atoms with Crippen LogP contribution in [0.5, 0.6) is 0 Å². The Labute approximate surface area is 186 Å². The zero-order valence-electron chi connectivity index (χ0n) is 18.0. The molecule has 2 aromatic carbocycles. The summed E-state index contributed by atoms with van der Waals surface area (Å²) in [5, 5.41) is 7.01. The first-order valence-electron chi connectivity index (χ1n) is 10.1. The Balaban J connectivity index is 2.33. The number of anilines is 1. The van der Waals surface area contributed by atoms with Crippen molar-refractivity contribution >= 4 is 30.0 Å². The van der Waals surface area contributed by atoms with E-state index in [1.807, 2.05) is 30.3 Å². The molecule has 0 aromatic heterocycles. The van der Waals surface area contributed by atoms with Gasteiger partial charge in [0.2, 0.25) is 0 Å². The van der Waals surface area contributed by atoms with E-state index >= 15 is 0 Å². The molecule has 0 radical (unpaired) electrons. The van der Waals surface area contributed by atoms with Crippen LogP contribution in [0.3, 0.4) is 0 Å². The van der Waals surface area contributed by atoms with Gasteiger partial charge in [0.15, 0.2) is 6.04 Å². The molecule has 10 heteroatoms. The Kier molecular flexibility index (Phi) is 9.51. The van der Waals surface area contributed by atoms with Crippen LogP contribution in [0, 0.1) is 0 Å². The number of ether oxygens (including phenoxy) is 2. The van der Waals surface area contributed by atoms with Gasteiger partial charge in [0.25, 0.3) is 5.91 Å². The maximum Gasteiger partial charge on any atom is 0.429 e. The molecule has 2 aromatic rings. The predicted octanol–water partition coefficient (Wildman–Crippen LogP) is 2.28. The lowest BCUT2D eigenvalue weighted by atomic mass is 10.1. The minimum Gasteiger partial charge on any atom is -0.464 e. The quantitative estimate of drug-likeness (QED) is 0.179. The highest BCUT2D eigenvalue weighted by Gasteiger charge is 2.34. The number of rotatable bonds is 9. The lowest BCUT2D eigenvalue weighted by molar-refractivity contribution is -0.149. The van der Waals surface area contributed by atoms with Crippen LogP contribution in [0.15, 0.2) is 59.7 Å². The van der Waals surface area contributed by atoms with Crippen molar-refractivity contribution < 1.29 is 23.9 Å². The van der Waals surface area contributed by atoms with E-state index in [4.69, 9.17) is 15.3 Å². The molecule has 2 rings (SSSR count). The molecular weight excluding hydrogens is 414 g/mol. The standard InChI is InChI=1S/C22H27N5O5/c1-3-31-21(29)19(13-16-9-6-5-7-10-16)27(22(30)32-4-2)26-20(28)17-11-8-12-18(14-17)24-15-25-23/h5-12,14-15,19H,3-4,13,23H2,1-2H3,(H,24,25)(H,26,28)/t19-/m0/s1. The van der Waals surface area contributed by atoms with E-state index in [0.717, 1.165) is 10.6 Å². The fourth-order valence-corrected chi connectivity index (χ4v) is 2.84. The zero-order valence-corrected chi connectivity index (χ0v) is 18.0. The van der Waals surface area contributed by atoms with Crippen LogP contribution in [0.25, 0.3) is 0 Å². The molecule has 0 aliphatic carbocycles. The van der Waals surface area contributed by atoms with Crippen molar-refractivity contribution in [3.05, 3.63) is 65.7 Å². The van der Waals surface area contributed by atoms with Gasteiger partial charge in [0, 0.05) is 17.7 Å². The number of carbonyl (C=O) groups is 3. The van der Waals surface area contributed by atoms with E-state index in [0.29, 0.717) is 5.69 Å². The number of hydrogen-bond donors (Lipinski definition) is 3. The van der Waals surface area contributed by atoms with Gasteiger partial charge in [-0.15, -0.1) is 0 Å². The van der Waals surface area contributed by atoms with Gasteiger partial charge in [0.05, 0.1) is 13.2 Å². The second-order valence-electron chi connectivity index (χ2n) is 6.47. The van der Waals surface area contributed by atoms with Crippen molar-refractivity contribution in [2.45, 2.75) is 26.3 Å². The molecule has 0 saturated carbocycles. The third kappa shape index (κ3) is 7.01. The molecule has 10 nitrogen and oxygen atoms in total. The minimum absolute atomic E-state index is 0.0594. The van der Waals surface area contributed by atoms with E-state index in [9.17, 15) is 14.4 Å². The van der Waals surface area contributed by atoms with Crippen LogP contribution in [-0.4, -0.2) is 48.6 Å². The maximum atomic E-state index is 12.9. The number of amides is 2. The summed E-state index contributed by atoms with van der Waals surface area (Å²) in [6.45, 7) is 3.46. The second-order valence-corrected chi connectivity index (χ2v) is 6.47. The Bertz CT molecular complexity index is 935. The van der Waals surface area contributed by atoms with E-state index < -0.39 is 24.0 Å². The summed E-state index contributed by atoms with van der Waals surface area (Å²) >= 11 is 0. The van der Waals surface area contributed by atoms with Crippen LogP contribution in [-0.2, 0) is 20.7 Å². The number of nitrogens with zero attached hydrogens (tertiary/aromatic N) is 2. The molecule has 2 amide bonds. The molecule has 0 unspecified atom stereocenters. The monoisotopic (exact) mass is 441 g/mol. The molecule has 1 atom stereocenters. The van der Waals surface area contributed by atoms with Gasteiger partial charge in [0.1, 0.15) is 6.34 Å². The summed E-state index contributed by atoms with van der Waals surface area (Å²) in [6.07, 6.45) is 0.505. The average Bonchev–Trinajstić information content (AvgIpc) is 2.81. The maximum absolute atomic E-state index is 12.9.